The van der Waals surface area contributed by atoms with Gasteiger partial charge in [0.15, 0.2) is 0 Å². The van der Waals surface area contributed by atoms with Crippen LogP contribution in [0.3, 0.4) is 0 Å². The molecule has 0 amide bonds. The standard InChI is InChI=1S/C13H14BrNO/c14-11-3-4-13-9(7-11)6-10(8-16)12-2-1-5-15(12)13/h3-4,7-8,10,12H,1-2,5-6H2. The molecule has 3 heteroatoms. The number of benzene rings is 1. The number of aldehydes is 1. The van der Waals surface area contributed by atoms with Crippen molar-refractivity contribution in [1.82, 2.24) is 0 Å². The van der Waals surface area contributed by atoms with Gasteiger partial charge < -0.3 is 9.69 Å². The molecular formula is C13H14BrNO. The lowest BCUT2D eigenvalue weighted by Gasteiger charge is -2.37. The highest BCUT2D eigenvalue weighted by molar-refractivity contribution is 9.10. The molecule has 0 saturated carbocycles. The number of hydrogen-bond donors (Lipinski definition) is 0. The molecule has 1 aromatic carbocycles. The van der Waals surface area contributed by atoms with Gasteiger partial charge in [0.05, 0.1) is 0 Å². The number of fused-ring (bicyclic) bond motifs is 3. The zero-order valence-corrected chi connectivity index (χ0v) is 10.6. The lowest BCUT2D eigenvalue weighted by Crippen LogP contribution is -2.41. The quantitative estimate of drug-likeness (QED) is 0.737. The van der Waals surface area contributed by atoms with Crippen molar-refractivity contribution in [2.45, 2.75) is 25.3 Å². The summed E-state index contributed by atoms with van der Waals surface area (Å²) < 4.78 is 1.11. The van der Waals surface area contributed by atoms with Gasteiger partial charge in [-0.1, -0.05) is 15.9 Å². The van der Waals surface area contributed by atoms with Crippen molar-refractivity contribution in [1.29, 1.82) is 0 Å². The van der Waals surface area contributed by atoms with Crippen LogP contribution in [0.15, 0.2) is 22.7 Å². The van der Waals surface area contributed by atoms with Crippen molar-refractivity contribution < 1.29 is 4.79 Å². The summed E-state index contributed by atoms with van der Waals surface area (Å²) in [5.74, 6) is 0.185. The van der Waals surface area contributed by atoms with Crippen LogP contribution in [0.25, 0.3) is 0 Å². The molecule has 0 N–H and O–H groups in total. The Hall–Kier alpha value is -0.830. The SMILES string of the molecule is O=CC1Cc2cc(Br)ccc2N2CCCC12. The molecule has 2 aliphatic heterocycles. The van der Waals surface area contributed by atoms with E-state index in [4.69, 9.17) is 0 Å². The maximum absolute atomic E-state index is 11.2. The van der Waals surface area contributed by atoms with E-state index in [0.29, 0.717) is 6.04 Å². The molecule has 1 fully saturated rings. The van der Waals surface area contributed by atoms with Crippen LogP contribution < -0.4 is 4.90 Å². The predicted molar refractivity (Wildman–Crippen MR) is 67.8 cm³/mol. The van der Waals surface area contributed by atoms with E-state index in [2.05, 4.69) is 39.0 Å². The van der Waals surface area contributed by atoms with Crippen LogP contribution >= 0.6 is 15.9 Å². The number of nitrogens with zero attached hydrogens (tertiary/aromatic N) is 1. The van der Waals surface area contributed by atoms with Crippen LogP contribution in [0.1, 0.15) is 18.4 Å². The molecule has 16 heavy (non-hydrogen) atoms. The van der Waals surface area contributed by atoms with Gasteiger partial charge in [-0.2, -0.15) is 0 Å². The molecule has 1 saturated heterocycles. The highest BCUT2D eigenvalue weighted by atomic mass is 79.9. The maximum atomic E-state index is 11.2. The van der Waals surface area contributed by atoms with E-state index >= 15 is 0 Å². The number of hydrogen-bond acceptors (Lipinski definition) is 2. The Balaban J connectivity index is 2.07. The molecule has 2 nitrogen and oxygen atoms in total. The van der Waals surface area contributed by atoms with E-state index < -0.39 is 0 Å². The van der Waals surface area contributed by atoms with Crippen molar-refractivity contribution in [3.05, 3.63) is 28.2 Å². The molecule has 2 atom stereocenters. The Labute approximate surface area is 104 Å². The fourth-order valence-electron chi connectivity index (χ4n) is 3.06. The van der Waals surface area contributed by atoms with Crippen molar-refractivity contribution in [3.63, 3.8) is 0 Å². The van der Waals surface area contributed by atoms with E-state index in [-0.39, 0.29) is 5.92 Å². The first-order valence-electron chi connectivity index (χ1n) is 5.80. The van der Waals surface area contributed by atoms with E-state index in [1.54, 1.807) is 0 Å². The average Bonchev–Trinajstić information content (AvgIpc) is 2.76. The minimum Gasteiger partial charge on any atom is -0.368 e. The van der Waals surface area contributed by atoms with Crippen molar-refractivity contribution in [2.75, 3.05) is 11.4 Å². The zero-order valence-electron chi connectivity index (χ0n) is 9.03. The largest absolute Gasteiger partial charge is 0.368 e. The summed E-state index contributed by atoms with van der Waals surface area (Å²) in [5.41, 5.74) is 2.65. The van der Waals surface area contributed by atoms with Gasteiger partial charge in [-0.25, -0.2) is 0 Å². The third kappa shape index (κ3) is 1.49. The second-order valence-electron chi connectivity index (χ2n) is 4.68. The van der Waals surface area contributed by atoms with E-state index in [1.807, 2.05) is 0 Å². The Kier molecular flexibility index (Phi) is 2.51. The average molecular weight is 280 g/mol. The molecule has 0 spiro atoms. The van der Waals surface area contributed by atoms with Gasteiger partial charge in [-0.05, 0) is 43.0 Å². The third-order valence-corrected chi connectivity index (χ3v) is 4.27. The molecule has 2 unspecified atom stereocenters. The topological polar surface area (TPSA) is 20.3 Å². The molecule has 0 aliphatic carbocycles. The van der Waals surface area contributed by atoms with E-state index in [1.165, 1.54) is 24.1 Å². The van der Waals surface area contributed by atoms with Crippen LogP contribution in [0.2, 0.25) is 0 Å². The molecule has 0 bridgehead atoms. The highest BCUT2D eigenvalue weighted by Crippen LogP contribution is 2.39. The van der Waals surface area contributed by atoms with Gasteiger partial charge in [0, 0.05) is 28.7 Å². The number of anilines is 1. The summed E-state index contributed by atoms with van der Waals surface area (Å²) in [4.78, 5) is 13.6. The summed E-state index contributed by atoms with van der Waals surface area (Å²) >= 11 is 3.50. The van der Waals surface area contributed by atoms with Crippen LogP contribution in [-0.4, -0.2) is 18.9 Å². The van der Waals surface area contributed by atoms with Crippen LogP contribution in [0.5, 0.6) is 0 Å². The predicted octanol–water partition coefficient (Wildman–Crippen LogP) is 2.79. The Morgan fingerprint density at radius 3 is 3.12 bits per heavy atom. The first-order valence-corrected chi connectivity index (χ1v) is 6.59. The first-order chi connectivity index (χ1) is 7.79. The van der Waals surface area contributed by atoms with E-state index in [0.717, 1.165) is 23.7 Å². The molecule has 3 rings (SSSR count). The summed E-state index contributed by atoms with van der Waals surface area (Å²) in [7, 11) is 0. The number of halogens is 1. The van der Waals surface area contributed by atoms with Gasteiger partial charge in [-0.15, -0.1) is 0 Å². The van der Waals surface area contributed by atoms with Gasteiger partial charge in [0.1, 0.15) is 6.29 Å². The lowest BCUT2D eigenvalue weighted by atomic mass is 9.87. The smallest absolute Gasteiger partial charge is 0.125 e. The summed E-state index contributed by atoms with van der Waals surface area (Å²) in [6, 6.07) is 6.88. The number of carbonyl (C=O) groups excluding carboxylic acids is 1. The van der Waals surface area contributed by atoms with Crippen molar-refractivity contribution in [3.8, 4) is 0 Å². The van der Waals surface area contributed by atoms with Crippen LogP contribution in [0, 0.1) is 5.92 Å². The fraction of sp³-hybridized carbons (Fsp3) is 0.462. The van der Waals surface area contributed by atoms with Crippen LogP contribution in [-0.2, 0) is 11.2 Å². The first kappa shape index (κ1) is 10.3. The molecular weight excluding hydrogens is 266 g/mol. The molecule has 0 radical (unpaired) electrons. The Morgan fingerprint density at radius 2 is 2.31 bits per heavy atom. The van der Waals surface area contributed by atoms with Gasteiger partial charge in [0.2, 0.25) is 0 Å². The Morgan fingerprint density at radius 1 is 1.44 bits per heavy atom. The molecule has 1 aromatic rings. The minimum absolute atomic E-state index is 0.185. The molecule has 2 heterocycles. The second-order valence-corrected chi connectivity index (χ2v) is 5.60. The summed E-state index contributed by atoms with van der Waals surface area (Å²) in [5, 5.41) is 0. The third-order valence-electron chi connectivity index (χ3n) is 3.77. The fourth-order valence-corrected chi connectivity index (χ4v) is 3.47. The van der Waals surface area contributed by atoms with E-state index in [9.17, 15) is 4.79 Å². The van der Waals surface area contributed by atoms with Gasteiger partial charge >= 0.3 is 0 Å². The summed E-state index contributed by atoms with van der Waals surface area (Å²) in [6.45, 7) is 1.10. The van der Waals surface area contributed by atoms with Gasteiger partial charge in [0.25, 0.3) is 0 Å². The maximum Gasteiger partial charge on any atom is 0.125 e. The molecule has 2 aliphatic rings. The normalized spacial score (nSPS) is 27.4. The zero-order chi connectivity index (χ0) is 11.1. The molecule has 84 valence electrons. The number of carbonyl (C=O) groups is 1. The lowest BCUT2D eigenvalue weighted by molar-refractivity contribution is -0.111. The monoisotopic (exact) mass is 279 g/mol. The van der Waals surface area contributed by atoms with Crippen LogP contribution in [0.4, 0.5) is 5.69 Å². The second kappa shape index (κ2) is 3.88. The summed E-state index contributed by atoms with van der Waals surface area (Å²) in [6.07, 6.45) is 4.43. The van der Waals surface area contributed by atoms with Crippen molar-refractivity contribution >= 4 is 27.9 Å². The molecule has 0 aromatic heterocycles. The Bertz CT molecular complexity index is 432. The number of rotatable bonds is 1. The van der Waals surface area contributed by atoms with Gasteiger partial charge in [-0.3, -0.25) is 0 Å². The highest BCUT2D eigenvalue weighted by Gasteiger charge is 2.36. The minimum atomic E-state index is 0.185. The van der Waals surface area contributed by atoms with Crippen molar-refractivity contribution in [2.24, 2.45) is 5.92 Å².